The predicted octanol–water partition coefficient (Wildman–Crippen LogP) is 18.5. The number of nitrogens with one attached hydrogen (secondary N) is 10. The SMILES string of the molecule is CC(NC(=O)c1cc2cc(C#N)ccc2[nH]1)c1ccccc1.CC(NC(=O)c1cc2cc(Cl)ccc2[nH]1)c1ccc(C(=O)N(C)C)cc1.CC(NC(=O)c1cc2ccc(C#N)cc2[nH]1)c1ccccc1.CC(NC(=O)c1cc2ccc(C(N)=O)cc2[nH]1)c1ccccc1.O=C(NC(c1ccccc1)C1CC1)c1cc2cc(Cl)ccc2[nH]1. The first-order valence-electron chi connectivity index (χ1n) is 37.5. The van der Waals surface area contributed by atoms with E-state index >= 15 is 0 Å². The number of amides is 7. The van der Waals surface area contributed by atoms with Crippen LogP contribution in [-0.2, 0) is 0 Å². The van der Waals surface area contributed by atoms with Gasteiger partial charge in [-0.3, -0.25) is 33.6 Å². The number of halogens is 2. The van der Waals surface area contributed by atoms with E-state index in [-0.39, 0.29) is 65.7 Å². The van der Waals surface area contributed by atoms with Crippen LogP contribution in [0.4, 0.5) is 0 Å². The molecule has 21 nitrogen and oxygen atoms in total. The van der Waals surface area contributed by atoms with E-state index in [0.717, 1.165) is 71.3 Å². The zero-order chi connectivity index (χ0) is 82.1. The molecule has 16 rings (SSSR count). The summed E-state index contributed by atoms with van der Waals surface area (Å²) in [5.41, 5.74) is 19.3. The molecule has 1 fully saturated rings. The van der Waals surface area contributed by atoms with Gasteiger partial charge < -0.3 is 62.1 Å². The summed E-state index contributed by atoms with van der Waals surface area (Å²) in [6.07, 6.45) is 2.34. The summed E-state index contributed by atoms with van der Waals surface area (Å²) >= 11 is 12.0. The van der Waals surface area contributed by atoms with E-state index < -0.39 is 5.91 Å². The van der Waals surface area contributed by atoms with Crippen LogP contribution in [0.15, 0.2) is 267 Å². The Bertz CT molecular complexity index is 5990. The fourth-order valence-corrected chi connectivity index (χ4v) is 13.5. The number of hydrogen-bond donors (Lipinski definition) is 11. The quantitative estimate of drug-likeness (QED) is 0.0388. The third-order valence-corrected chi connectivity index (χ3v) is 20.2. The molecular weight excluding hydrogens is 1500 g/mol. The largest absolute Gasteiger partial charge is 0.366 e. The van der Waals surface area contributed by atoms with Crippen molar-refractivity contribution in [1.29, 1.82) is 10.5 Å². The van der Waals surface area contributed by atoms with E-state index in [2.05, 4.69) is 75.8 Å². The molecule has 1 saturated carbocycles. The Morgan fingerprint density at radius 2 is 0.681 bits per heavy atom. The molecule has 10 aromatic carbocycles. The van der Waals surface area contributed by atoms with Crippen LogP contribution in [0.2, 0.25) is 10.0 Å². The van der Waals surface area contributed by atoms with Gasteiger partial charge >= 0.3 is 0 Å². The number of H-pyrrole nitrogens is 5. The fraction of sp³-hybridized carbons (Fsp3) is 0.151. The van der Waals surface area contributed by atoms with Crippen LogP contribution in [0.5, 0.6) is 0 Å². The van der Waals surface area contributed by atoms with Crippen LogP contribution >= 0.6 is 23.2 Å². The van der Waals surface area contributed by atoms with E-state index in [1.165, 1.54) is 23.3 Å². The molecule has 582 valence electrons. The Hall–Kier alpha value is -14.3. The van der Waals surface area contributed by atoms with Gasteiger partial charge in [-0.15, -0.1) is 0 Å². The zero-order valence-electron chi connectivity index (χ0n) is 64.3. The summed E-state index contributed by atoms with van der Waals surface area (Å²) in [6, 6.07) is 86.3. The van der Waals surface area contributed by atoms with Crippen molar-refractivity contribution in [3.05, 3.63) is 356 Å². The first kappa shape index (κ1) is 81.2. The average molecular weight is 1580 g/mol. The van der Waals surface area contributed by atoms with Crippen molar-refractivity contribution < 1.29 is 33.6 Å². The number of benzene rings is 10. The Labute approximate surface area is 679 Å². The van der Waals surface area contributed by atoms with Crippen LogP contribution in [0.25, 0.3) is 54.5 Å². The Kier molecular flexibility index (Phi) is 26.2. The molecular formula is C93H84Cl2N14O7. The second kappa shape index (κ2) is 37.4. The number of fused-ring (bicyclic) bond motifs is 5. The van der Waals surface area contributed by atoms with Gasteiger partial charge in [0.15, 0.2) is 0 Å². The lowest BCUT2D eigenvalue weighted by Crippen LogP contribution is -2.30. The van der Waals surface area contributed by atoms with Crippen molar-refractivity contribution in [1.82, 2.24) is 56.4 Å². The maximum absolute atomic E-state index is 12.6. The highest BCUT2D eigenvalue weighted by Crippen LogP contribution is 2.41. The number of rotatable bonds is 18. The van der Waals surface area contributed by atoms with E-state index in [0.29, 0.717) is 72.2 Å². The average Bonchev–Trinajstić information content (AvgIpc) is 1.69. The van der Waals surface area contributed by atoms with Gasteiger partial charge in [-0.25, -0.2) is 0 Å². The highest BCUT2D eigenvalue weighted by Gasteiger charge is 2.34. The number of nitrogens with zero attached hydrogens (tertiary/aromatic N) is 3. The molecule has 0 bridgehead atoms. The molecule has 5 atom stereocenters. The molecule has 23 heteroatoms. The standard InChI is InChI=1S/C20H20ClN3O2.C19H17ClN2O.C18H17N3O2.2C18H15N3O/c1-12(13-4-6-14(7-5-13)20(26)24(2)3)22-19(25)18-11-15-10-16(21)8-9-17(15)23-18;20-15-8-9-16-14(10-15)11-17(21-16)19(23)22-18(13-6-7-13)12-4-2-1-3-5-12;1-11(12-5-3-2-4-6-12)20-18(23)16-9-13-7-8-14(17(19)22)10-15(13)21-16;1-12(14-5-3-2-4-6-14)20-18(22)17-10-15-9-13(11-19)7-8-16(15)21-17;1-12(14-5-3-2-4-6-14)20-18(22)17-10-15-8-7-13(11-19)9-16(15)21-17/h4-12,23H,1-3H3,(H,22,25);1-5,8-11,13,18,21H,6-7H2,(H,22,23);2-11,21H,1H3,(H2,19,22)(H,20,23);2*2-10,12,21H,1H3,(H,20,22). The molecule has 5 heterocycles. The van der Waals surface area contributed by atoms with Crippen LogP contribution in [-0.4, -0.2) is 85.3 Å². The van der Waals surface area contributed by atoms with Gasteiger partial charge in [-0.05, 0) is 196 Å². The molecule has 7 amide bonds. The van der Waals surface area contributed by atoms with Crippen molar-refractivity contribution >= 4 is 119 Å². The summed E-state index contributed by atoms with van der Waals surface area (Å²) in [4.78, 5) is 102. The van der Waals surface area contributed by atoms with E-state index in [1.807, 2.05) is 198 Å². The molecule has 0 radical (unpaired) electrons. The zero-order valence-corrected chi connectivity index (χ0v) is 65.8. The van der Waals surface area contributed by atoms with E-state index in [4.69, 9.17) is 39.5 Å². The summed E-state index contributed by atoms with van der Waals surface area (Å²) < 4.78 is 0. The molecule has 1 aliphatic rings. The van der Waals surface area contributed by atoms with E-state index in [9.17, 15) is 33.6 Å². The molecule has 12 N–H and O–H groups in total. The van der Waals surface area contributed by atoms with Crippen molar-refractivity contribution in [2.75, 3.05) is 14.1 Å². The molecule has 15 aromatic rings. The lowest BCUT2D eigenvalue weighted by molar-refractivity contribution is 0.0825. The van der Waals surface area contributed by atoms with E-state index in [1.54, 1.807) is 99.0 Å². The number of carbonyl (C=O) groups excluding carboxylic acids is 7. The fourth-order valence-electron chi connectivity index (χ4n) is 13.1. The van der Waals surface area contributed by atoms with Gasteiger partial charge in [0.2, 0.25) is 5.91 Å². The smallest absolute Gasteiger partial charge is 0.268 e. The highest BCUT2D eigenvalue weighted by molar-refractivity contribution is 6.31. The van der Waals surface area contributed by atoms with Gasteiger partial charge in [0, 0.05) is 89.8 Å². The maximum atomic E-state index is 12.6. The van der Waals surface area contributed by atoms with Crippen LogP contribution in [0.1, 0.15) is 183 Å². The van der Waals surface area contributed by atoms with Gasteiger partial charge in [-0.2, -0.15) is 10.5 Å². The topological polar surface area (TPSA) is 335 Å². The normalized spacial score (nSPS) is 12.6. The Morgan fingerprint density at radius 1 is 0.362 bits per heavy atom. The minimum Gasteiger partial charge on any atom is -0.366 e. The van der Waals surface area contributed by atoms with Crippen LogP contribution in [0, 0.1) is 28.6 Å². The summed E-state index contributed by atoms with van der Waals surface area (Å²) in [5, 5.41) is 38.6. The third kappa shape index (κ3) is 20.9. The molecule has 0 saturated heterocycles. The first-order chi connectivity index (χ1) is 55.9. The van der Waals surface area contributed by atoms with Crippen LogP contribution < -0.4 is 32.3 Å². The number of hydrogen-bond acceptors (Lipinski definition) is 9. The van der Waals surface area contributed by atoms with Gasteiger partial charge in [-0.1, -0.05) is 169 Å². The second-order valence-corrected chi connectivity index (χ2v) is 29.3. The molecule has 116 heavy (non-hydrogen) atoms. The number of primary amides is 1. The maximum Gasteiger partial charge on any atom is 0.268 e. The molecule has 0 aliphatic heterocycles. The first-order valence-corrected chi connectivity index (χ1v) is 38.3. The molecule has 1 aliphatic carbocycles. The van der Waals surface area contributed by atoms with Gasteiger partial charge in [0.1, 0.15) is 28.5 Å². The highest BCUT2D eigenvalue weighted by atomic mass is 35.5. The second-order valence-electron chi connectivity index (χ2n) is 28.4. The number of carbonyl (C=O) groups is 7. The van der Waals surface area contributed by atoms with Gasteiger partial charge in [0.05, 0.1) is 53.5 Å². The van der Waals surface area contributed by atoms with Crippen molar-refractivity contribution in [2.24, 2.45) is 11.7 Å². The lowest BCUT2D eigenvalue weighted by Gasteiger charge is -2.18. The minimum absolute atomic E-state index is 0.0509. The summed E-state index contributed by atoms with van der Waals surface area (Å²) in [5.74, 6) is -0.790. The van der Waals surface area contributed by atoms with Crippen molar-refractivity contribution in [3.8, 4) is 12.1 Å². The van der Waals surface area contributed by atoms with Gasteiger partial charge in [0.25, 0.3) is 35.4 Å². The molecule has 5 unspecified atom stereocenters. The number of aromatic nitrogens is 5. The third-order valence-electron chi connectivity index (χ3n) is 19.7. The summed E-state index contributed by atoms with van der Waals surface area (Å²) in [7, 11) is 3.43. The molecule has 5 aromatic heterocycles. The minimum atomic E-state index is -0.495. The number of nitriles is 2. The number of aromatic amines is 5. The van der Waals surface area contributed by atoms with Crippen LogP contribution in [0.3, 0.4) is 0 Å². The van der Waals surface area contributed by atoms with Crippen molar-refractivity contribution in [3.63, 3.8) is 0 Å². The lowest BCUT2D eigenvalue weighted by atomic mass is 10.0. The Morgan fingerprint density at radius 3 is 1.07 bits per heavy atom. The molecule has 0 spiro atoms. The monoisotopic (exact) mass is 1580 g/mol. The number of nitrogens with two attached hydrogens (primary N) is 1. The predicted molar refractivity (Wildman–Crippen MR) is 456 cm³/mol. The Balaban J connectivity index is 0.000000134. The summed E-state index contributed by atoms with van der Waals surface area (Å²) in [6.45, 7) is 7.73. The van der Waals surface area contributed by atoms with Crippen molar-refractivity contribution in [2.45, 2.75) is 70.7 Å².